The quantitative estimate of drug-likeness (QED) is 0.899. The summed E-state index contributed by atoms with van der Waals surface area (Å²) in [6.45, 7) is 1.56. The number of ether oxygens (including phenoxy) is 1. The second kappa shape index (κ2) is 5.83. The van der Waals surface area contributed by atoms with Crippen molar-refractivity contribution in [1.29, 1.82) is 0 Å². The van der Waals surface area contributed by atoms with Crippen LogP contribution in [0.1, 0.15) is 17.2 Å². The van der Waals surface area contributed by atoms with E-state index in [9.17, 15) is 5.11 Å². The molecule has 0 aliphatic carbocycles. The predicted molar refractivity (Wildman–Crippen MR) is 81.0 cm³/mol. The number of pyridine rings is 1. The molecule has 0 spiro atoms. The van der Waals surface area contributed by atoms with E-state index in [1.807, 2.05) is 30.3 Å². The van der Waals surface area contributed by atoms with E-state index in [0.29, 0.717) is 5.75 Å². The Morgan fingerprint density at radius 3 is 2.81 bits per heavy atom. The molecular formula is C16H17N3O2. The fourth-order valence-electron chi connectivity index (χ4n) is 2.50. The summed E-state index contributed by atoms with van der Waals surface area (Å²) < 4.78 is 5.14. The molecule has 0 bridgehead atoms. The van der Waals surface area contributed by atoms with Crippen molar-refractivity contribution in [3.63, 3.8) is 0 Å². The van der Waals surface area contributed by atoms with Gasteiger partial charge in [0.1, 0.15) is 17.3 Å². The van der Waals surface area contributed by atoms with Crippen LogP contribution in [0.5, 0.6) is 11.5 Å². The van der Waals surface area contributed by atoms with Crippen molar-refractivity contribution in [2.75, 3.05) is 20.2 Å². The third kappa shape index (κ3) is 2.67. The van der Waals surface area contributed by atoms with Gasteiger partial charge >= 0.3 is 0 Å². The van der Waals surface area contributed by atoms with Crippen molar-refractivity contribution in [2.24, 2.45) is 4.99 Å². The fourth-order valence-corrected chi connectivity index (χ4v) is 2.50. The molecule has 2 N–H and O–H groups in total. The van der Waals surface area contributed by atoms with Crippen LogP contribution < -0.4 is 10.1 Å². The topological polar surface area (TPSA) is 66.7 Å². The minimum absolute atomic E-state index is 0.182. The number of aliphatic imine (C=N–C) groups is 1. The van der Waals surface area contributed by atoms with Crippen LogP contribution >= 0.6 is 0 Å². The zero-order chi connectivity index (χ0) is 14.7. The Bertz CT molecular complexity index is 656. The van der Waals surface area contributed by atoms with Gasteiger partial charge < -0.3 is 15.2 Å². The number of phenols is 1. The van der Waals surface area contributed by atoms with Crippen molar-refractivity contribution in [1.82, 2.24) is 10.3 Å². The first-order valence-corrected chi connectivity index (χ1v) is 6.85. The van der Waals surface area contributed by atoms with Crippen molar-refractivity contribution in [3.05, 3.63) is 53.9 Å². The summed E-state index contributed by atoms with van der Waals surface area (Å²) in [7, 11) is 1.58. The summed E-state index contributed by atoms with van der Waals surface area (Å²) >= 11 is 0. The molecule has 5 heteroatoms. The Labute approximate surface area is 123 Å². The predicted octanol–water partition coefficient (Wildman–Crippen LogP) is 1.93. The van der Waals surface area contributed by atoms with Gasteiger partial charge in [-0.2, -0.15) is 0 Å². The molecular weight excluding hydrogens is 266 g/mol. The summed E-state index contributed by atoms with van der Waals surface area (Å²) in [5.74, 6) is 1.45. The van der Waals surface area contributed by atoms with Gasteiger partial charge in [0.2, 0.25) is 0 Å². The molecule has 2 heterocycles. The average Bonchev–Trinajstić information content (AvgIpc) is 3.04. The monoisotopic (exact) mass is 283 g/mol. The van der Waals surface area contributed by atoms with Crippen LogP contribution in [-0.2, 0) is 0 Å². The van der Waals surface area contributed by atoms with Crippen molar-refractivity contribution in [2.45, 2.75) is 5.92 Å². The van der Waals surface area contributed by atoms with Crippen molar-refractivity contribution in [3.8, 4) is 11.5 Å². The lowest BCUT2D eigenvalue weighted by Gasteiger charge is -2.19. The molecule has 108 valence electrons. The summed E-state index contributed by atoms with van der Waals surface area (Å²) in [5, 5.41) is 13.6. The largest absolute Gasteiger partial charge is 0.507 e. The van der Waals surface area contributed by atoms with E-state index in [1.54, 1.807) is 19.4 Å². The first kappa shape index (κ1) is 13.4. The number of phenolic OH excluding ortho intramolecular Hbond substituents is 1. The maximum atomic E-state index is 10.3. The van der Waals surface area contributed by atoms with Gasteiger partial charge in [-0.3, -0.25) is 9.98 Å². The number of aromatic nitrogens is 1. The number of benzene rings is 1. The Morgan fingerprint density at radius 2 is 2.19 bits per heavy atom. The smallest absolute Gasteiger partial charge is 0.123 e. The minimum Gasteiger partial charge on any atom is -0.507 e. The van der Waals surface area contributed by atoms with Gasteiger partial charge in [-0.05, 0) is 18.2 Å². The highest BCUT2D eigenvalue weighted by Gasteiger charge is 2.26. The number of hydrogen-bond acceptors (Lipinski definition) is 5. The first-order valence-electron chi connectivity index (χ1n) is 6.85. The van der Waals surface area contributed by atoms with Crippen LogP contribution in [0.25, 0.3) is 0 Å². The molecule has 1 atom stereocenters. The highest BCUT2D eigenvalue weighted by Crippen LogP contribution is 2.34. The summed E-state index contributed by atoms with van der Waals surface area (Å²) in [6, 6.07) is 11.1. The van der Waals surface area contributed by atoms with Gasteiger partial charge in [-0.15, -0.1) is 0 Å². The van der Waals surface area contributed by atoms with Crippen molar-refractivity contribution < 1.29 is 9.84 Å². The van der Waals surface area contributed by atoms with Crippen LogP contribution in [0.4, 0.5) is 0 Å². The zero-order valence-electron chi connectivity index (χ0n) is 11.8. The Hall–Kier alpha value is -2.56. The molecule has 0 radical (unpaired) electrons. The Balaban J connectivity index is 2.07. The van der Waals surface area contributed by atoms with E-state index >= 15 is 0 Å². The lowest BCUT2D eigenvalue weighted by atomic mass is 9.93. The normalized spacial score (nSPS) is 15.2. The van der Waals surface area contributed by atoms with Gasteiger partial charge in [-0.25, -0.2) is 0 Å². The van der Waals surface area contributed by atoms with Crippen LogP contribution in [0, 0.1) is 0 Å². The second-order valence-electron chi connectivity index (χ2n) is 4.81. The van der Waals surface area contributed by atoms with Gasteiger partial charge in [0.05, 0.1) is 25.3 Å². The maximum absolute atomic E-state index is 10.3. The first-order chi connectivity index (χ1) is 10.3. The van der Waals surface area contributed by atoms with Gasteiger partial charge in [0.25, 0.3) is 0 Å². The molecule has 1 aromatic carbocycles. The van der Waals surface area contributed by atoms with E-state index < -0.39 is 0 Å². The maximum Gasteiger partial charge on any atom is 0.123 e. The Morgan fingerprint density at radius 1 is 1.29 bits per heavy atom. The molecule has 3 rings (SSSR count). The molecule has 0 saturated heterocycles. The molecule has 1 unspecified atom stereocenters. The number of rotatable bonds is 4. The molecule has 0 amide bonds. The standard InChI is InChI=1S/C16H17N3O2/c1-21-11-5-6-12(14(20)10-11)15(16-18-8-9-19-16)13-4-2-3-7-17-13/h2-7,10,15,20H,8-9H2,1H3,(H,18,19). The third-order valence-corrected chi connectivity index (χ3v) is 3.51. The number of methoxy groups -OCH3 is 1. The molecule has 1 aliphatic rings. The van der Waals surface area contributed by atoms with Gasteiger partial charge in [0, 0.05) is 24.4 Å². The molecule has 5 nitrogen and oxygen atoms in total. The third-order valence-electron chi connectivity index (χ3n) is 3.51. The molecule has 1 aromatic heterocycles. The van der Waals surface area contributed by atoms with E-state index in [2.05, 4.69) is 15.3 Å². The molecule has 2 aromatic rings. The van der Waals surface area contributed by atoms with E-state index in [4.69, 9.17) is 4.74 Å². The molecule has 1 aliphatic heterocycles. The lowest BCUT2D eigenvalue weighted by Crippen LogP contribution is -2.27. The van der Waals surface area contributed by atoms with Crippen LogP contribution in [0.15, 0.2) is 47.6 Å². The number of hydrogen-bond donors (Lipinski definition) is 2. The van der Waals surface area contributed by atoms with E-state index in [0.717, 1.165) is 30.2 Å². The highest BCUT2D eigenvalue weighted by atomic mass is 16.5. The number of nitrogens with one attached hydrogen (secondary N) is 1. The van der Waals surface area contributed by atoms with Crippen LogP contribution in [0.2, 0.25) is 0 Å². The molecule has 0 saturated carbocycles. The number of aromatic hydroxyl groups is 1. The van der Waals surface area contributed by atoms with Crippen LogP contribution in [-0.4, -0.2) is 36.1 Å². The molecule has 21 heavy (non-hydrogen) atoms. The minimum atomic E-state index is -0.195. The van der Waals surface area contributed by atoms with E-state index in [1.165, 1.54) is 0 Å². The second-order valence-corrected chi connectivity index (χ2v) is 4.81. The van der Waals surface area contributed by atoms with Crippen molar-refractivity contribution >= 4 is 5.84 Å². The van der Waals surface area contributed by atoms with Crippen LogP contribution in [0.3, 0.4) is 0 Å². The Kier molecular flexibility index (Phi) is 3.73. The zero-order valence-corrected chi connectivity index (χ0v) is 11.8. The summed E-state index contributed by atoms with van der Waals surface area (Å²) in [5.41, 5.74) is 1.62. The number of nitrogens with zero attached hydrogens (tertiary/aromatic N) is 2. The fraction of sp³-hybridized carbons (Fsp3) is 0.250. The van der Waals surface area contributed by atoms with Gasteiger partial charge in [0.15, 0.2) is 0 Å². The van der Waals surface area contributed by atoms with Gasteiger partial charge in [-0.1, -0.05) is 12.1 Å². The summed E-state index contributed by atoms with van der Waals surface area (Å²) in [6.07, 6.45) is 1.75. The van der Waals surface area contributed by atoms with E-state index in [-0.39, 0.29) is 11.7 Å². The lowest BCUT2D eigenvalue weighted by molar-refractivity contribution is 0.406. The average molecular weight is 283 g/mol. The summed E-state index contributed by atoms with van der Waals surface area (Å²) in [4.78, 5) is 8.92. The molecule has 0 fully saturated rings. The number of amidine groups is 1. The highest BCUT2D eigenvalue weighted by molar-refractivity contribution is 5.93. The SMILES string of the molecule is COc1ccc(C(C2=NCCN2)c2ccccn2)c(O)c1.